The molecule has 17 heavy (non-hydrogen) atoms. The first-order valence-corrected chi connectivity index (χ1v) is 7.11. The summed E-state index contributed by atoms with van der Waals surface area (Å²) in [4.78, 5) is 2.66. The molecule has 2 rings (SSSR count). The van der Waals surface area contributed by atoms with Crippen LogP contribution in [0.3, 0.4) is 0 Å². The maximum Gasteiger partial charge on any atom is 0.0468 e. The molecule has 0 spiro atoms. The number of nitrogens with one attached hydrogen (secondary N) is 1. The Kier molecular flexibility index (Phi) is 4.45. The number of nitrogens with zero attached hydrogens (tertiary/aromatic N) is 1. The summed E-state index contributed by atoms with van der Waals surface area (Å²) in [7, 11) is 1.81. The van der Waals surface area contributed by atoms with Crippen molar-refractivity contribution < 1.29 is 4.74 Å². The molecule has 2 aliphatic rings. The van der Waals surface area contributed by atoms with E-state index in [-0.39, 0.29) is 0 Å². The van der Waals surface area contributed by atoms with E-state index in [4.69, 9.17) is 4.74 Å². The van der Waals surface area contributed by atoms with E-state index < -0.39 is 0 Å². The lowest BCUT2D eigenvalue weighted by Crippen LogP contribution is -2.38. The first-order chi connectivity index (χ1) is 8.13. The van der Waals surface area contributed by atoms with Crippen molar-refractivity contribution in [2.24, 2.45) is 5.41 Å². The summed E-state index contributed by atoms with van der Waals surface area (Å²) in [6.07, 6.45) is 5.39. The first-order valence-electron chi connectivity index (χ1n) is 7.11. The van der Waals surface area contributed by atoms with Crippen molar-refractivity contribution in [1.82, 2.24) is 10.2 Å². The smallest absolute Gasteiger partial charge is 0.0468 e. The lowest BCUT2D eigenvalue weighted by Gasteiger charge is -2.23. The lowest BCUT2D eigenvalue weighted by atomic mass is 10.0. The number of likely N-dealkylation sites (tertiary alicyclic amines) is 1. The summed E-state index contributed by atoms with van der Waals surface area (Å²) in [6.45, 7) is 9.23. The predicted molar refractivity (Wildman–Crippen MR) is 71.3 cm³/mol. The maximum absolute atomic E-state index is 5.23. The molecular formula is C14H28N2O. The van der Waals surface area contributed by atoms with Gasteiger partial charge in [-0.25, -0.2) is 0 Å². The van der Waals surface area contributed by atoms with Gasteiger partial charge in [0.05, 0.1) is 0 Å². The third kappa shape index (κ3) is 3.94. The number of ether oxygens (including phenoxy) is 1. The fraction of sp³-hybridized carbons (Fsp3) is 1.00. The van der Waals surface area contributed by atoms with Gasteiger partial charge in [-0.15, -0.1) is 0 Å². The van der Waals surface area contributed by atoms with Crippen LogP contribution in [0, 0.1) is 5.41 Å². The van der Waals surface area contributed by atoms with Gasteiger partial charge in [0, 0.05) is 38.9 Å². The molecule has 1 aliphatic heterocycles. The van der Waals surface area contributed by atoms with Crippen molar-refractivity contribution >= 4 is 0 Å². The largest absolute Gasteiger partial charge is 0.385 e. The van der Waals surface area contributed by atoms with Gasteiger partial charge in [-0.05, 0) is 37.6 Å². The predicted octanol–water partition coefficient (Wildman–Crippen LogP) is 1.88. The molecule has 1 N–H and O–H groups in total. The molecule has 1 saturated carbocycles. The number of hydrogen-bond donors (Lipinski definition) is 1. The van der Waals surface area contributed by atoms with E-state index in [9.17, 15) is 0 Å². The van der Waals surface area contributed by atoms with Crippen molar-refractivity contribution in [3.05, 3.63) is 0 Å². The SMILES string of the molecule is COCCC1(CN2CCC(NC(C)C)C2)CC1. The van der Waals surface area contributed by atoms with Crippen molar-refractivity contribution in [3.63, 3.8) is 0 Å². The van der Waals surface area contributed by atoms with Gasteiger partial charge in [0.25, 0.3) is 0 Å². The third-order valence-corrected chi connectivity index (χ3v) is 4.19. The Morgan fingerprint density at radius 1 is 1.41 bits per heavy atom. The topological polar surface area (TPSA) is 24.5 Å². The average Bonchev–Trinajstić information content (AvgIpc) is 2.89. The summed E-state index contributed by atoms with van der Waals surface area (Å²) >= 11 is 0. The highest BCUT2D eigenvalue weighted by atomic mass is 16.5. The van der Waals surface area contributed by atoms with E-state index in [0.717, 1.165) is 6.61 Å². The van der Waals surface area contributed by atoms with Crippen LogP contribution in [-0.2, 0) is 4.74 Å². The first kappa shape index (κ1) is 13.3. The van der Waals surface area contributed by atoms with E-state index in [1.54, 1.807) is 0 Å². The van der Waals surface area contributed by atoms with Gasteiger partial charge in [0.15, 0.2) is 0 Å². The van der Waals surface area contributed by atoms with Crippen LogP contribution >= 0.6 is 0 Å². The second kappa shape index (κ2) is 5.68. The van der Waals surface area contributed by atoms with Gasteiger partial charge in [0.1, 0.15) is 0 Å². The number of hydrogen-bond acceptors (Lipinski definition) is 3. The van der Waals surface area contributed by atoms with E-state index in [2.05, 4.69) is 24.1 Å². The van der Waals surface area contributed by atoms with Crippen LogP contribution in [0.5, 0.6) is 0 Å². The van der Waals surface area contributed by atoms with Crippen LogP contribution in [0.25, 0.3) is 0 Å². The summed E-state index contributed by atoms with van der Waals surface area (Å²) in [6, 6.07) is 1.33. The lowest BCUT2D eigenvalue weighted by molar-refractivity contribution is 0.154. The van der Waals surface area contributed by atoms with E-state index in [0.29, 0.717) is 17.5 Å². The summed E-state index contributed by atoms with van der Waals surface area (Å²) in [5.41, 5.74) is 0.614. The molecule has 0 aromatic rings. The monoisotopic (exact) mass is 240 g/mol. The second-order valence-electron chi connectivity index (χ2n) is 6.28. The Morgan fingerprint density at radius 3 is 2.76 bits per heavy atom. The summed E-state index contributed by atoms with van der Waals surface area (Å²) < 4.78 is 5.23. The Balaban J connectivity index is 1.70. The molecule has 2 fully saturated rings. The second-order valence-corrected chi connectivity index (χ2v) is 6.28. The van der Waals surface area contributed by atoms with Crippen molar-refractivity contribution in [2.45, 2.75) is 51.6 Å². The van der Waals surface area contributed by atoms with Gasteiger partial charge in [-0.1, -0.05) is 13.8 Å². The molecule has 0 bridgehead atoms. The Morgan fingerprint density at radius 2 is 2.18 bits per heavy atom. The molecule has 1 atom stereocenters. The molecule has 1 saturated heterocycles. The Bertz CT molecular complexity index is 238. The third-order valence-electron chi connectivity index (χ3n) is 4.19. The average molecular weight is 240 g/mol. The minimum atomic E-state index is 0.614. The van der Waals surface area contributed by atoms with Crippen LogP contribution in [0.1, 0.15) is 39.5 Å². The van der Waals surface area contributed by atoms with Gasteiger partial charge in [-0.3, -0.25) is 0 Å². The van der Waals surface area contributed by atoms with Gasteiger partial charge < -0.3 is 15.0 Å². The zero-order chi connectivity index (χ0) is 12.3. The molecule has 0 amide bonds. The van der Waals surface area contributed by atoms with Crippen LogP contribution in [0.4, 0.5) is 0 Å². The zero-order valence-corrected chi connectivity index (χ0v) is 11.7. The standard InChI is InChI=1S/C14H28N2O/c1-12(2)15-13-4-8-16(10-13)11-14(5-6-14)7-9-17-3/h12-13,15H,4-11H2,1-3H3. The number of methoxy groups -OCH3 is 1. The van der Waals surface area contributed by atoms with Crippen molar-refractivity contribution in [3.8, 4) is 0 Å². The molecule has 1 aliphatic carbocycles. The summed E-state index contributed by atoms with van der Waals surface area (Å²) in [5, 5.41) is 3.65. The number of rotatable bonds is 7. The maximum atomic E-state index is 5.23. The van der Waals surface area contributed by atoms with Crippen molar-refractivity contribution in [2.75, 3.05) is 33.4 Å². The quantitative estimate of drug-likeness (QED) is 0.735. The van der Waals surface area contributed by atoms with Crippen LogP contribution in [0.15, 0.2) is 0 Å². The van der Waals surface area contributed by atoms with Crippen LogP contribution in [-0.4, -0.2) is 50.3 Å². The van der Waals surface area contributed by atoms with E-state index in [1.165, 1.54) is 45.3 Å². The molecule has 0 aromatic carbocycles. The van der Waals surface area contributed by atoms with Crippen LogP contribution in [0.2, 0.25) is 0 Å². The summed E-state index contributed by atoms with van der Waals surface area (Å²) in [5.74, 6) is 0. The van der Waals surface area contributed by atoms with Crippen LogP contribution < -0.4 is 5.32 Å². The molecule has 0 aromatic heterocycles. The van der Waals surface area contributed by atoms with Gasteiger partial charge >= 0.3 is 0 Å². The molecule has 100 valence electrons. The van der Waals surface area contributed by atoms with E-state index in [1.807, 2.05) is 7.11 Å². The molecular weight excluding hydrogens is 212 g/mol. The minimum Gasteiger partial charge on any atom is -0.385 e. The highest BCUT2D eigenvalue weighted by Gasteiger charge is 2.44. The molecule has 1 heterocycles. The highest BCUT2D eigenvalue weighted by molar-refractivity contribution is 4.97. The Labute approximate surface area is 106 Å². The van der Waals surface area contributed by atoms with E-state index >= 15 is 0 Å². The van der Waals surface area contributed by atoms with Gasteiger partial charge in [0.2, 0.25) is 0 Å². The highest BCUT2D eigenvalue weighted by Crippen LogP contribution is 2.49. The fourth-order valence-electron chi connectivity index (χ4n) is 3.04. The molecule has 3 nitrogen and oxygen atoms in total. The van der Waals surface area contributed by atoms with Crippen molar-refractivity contribution in [1.29, 1.82) is 0 Å². The fourth-order valence-corrected chi connectivity index (χ4v) is 3.04. The normalized spacial score (nSPS) is 27.9. The molecule has 3 heteroatoms. The van der Waals surface area contributed by atoms with Gasteiger partial charge in [-0.2, -0.15) is 0 Å². The molecule has 0 radical (unpaired) electrons. The Hall–Kier alpha value is -0.120. The minimum absolute atomic E-state index is 0.614. The molecule has 1 unspecified atom stereocenters. The zero-order valence-electron chi connectivity index (χ0n) is 11.7.